The summed E-state index contributed by atoms with van der Waals surface area (Å²) in [6, 6.07) is 0.939. The molecule has 0 heterocycles. The summed E-state index contributed by atoms with van der Waals surface area (Å²) in [6.07, 6.45) is 13.4. The van der Waals surface area contributed by atoms with E-state index in [9.17, 15) is 8.42 Å². The molecule has 4 nitrogen and oxygen atoms in total. The fourth-order valence-corrected chi connectivity index (χ4v) is 3.49. The maximum absolute atomic E-state index is 10.3. The van der Waals surface area contributed by atoms with Crippen molar-refractivity contribution in [3.8, 4) is 0 Å². The van der Waals surface area contributed by atoms with E-state index in [1.54, 1.807) is 0 Å². The van der Waals surface area contributed by atoms with Crippen LogP contribution in [0.4, 0.5) is 0 Å². The first-order valence-corrected chi connectivity index (χ1v) is 10.5. The zero-order chi connectivity index (χ0) is 17.1. The van der Waals surface area contributed by atoms with Crippen LogP contribution in [0.3, 0.4) is 0 Å². The highest BCUT2D eigenvalue weighted by Crippen LogP contribution is 2.23. The topological polar surface area (TPSA) is 54.4 Å². The van der Waals surface area contributed by atoms with Gasteiger partial charge in [0.05, 0.1) is 32.9 Å². The molecule has 5 heteroatoms. The van der Waals surface area contributed by atoms with Gasteiger partial charge < -0.3 is 4.48 Å². The van der Waals surface area contributed by atoms with Crippen LogP contribution in [0.5, 0.6) is 0 Å². The summed E-state index contributed by atoms with van der Waals surface area (Å²) in [6.45, 7) is 2.14. The van der Waals surface area contributed by atoms with Crippen molar-refractivity contribution in [3.05, 3.63) is 0 Å². The second kappa shape index (κ2) is 11.4. The fourth-order valence-electron chi connectivity index (χ4n) is 2.92. The third-order valence-corrected chi connectivity index (χ3v) is 5.23. The Morgan fingerprint density at radius 1 is 0.909 bits per heavy atom. The van der Waals surface area contributed by atoms with Crippen molar-refractivity contribution >= 4 is 10.1 Å². The van der Waals surface area contributed by atoms with Crippen LogP contribution in [-0.2, 0) is 10.1 Å². The quantitative estimate of drug-likeness (QED) is 0.409. The van der Waals surface area contributed by atoms with Crippen LogP contribution < -0.4 is 0 Å². The third kappa shape index (κ3) is 13.5. The van der Waals surface area contributed by atoms with Crippen LogP contribution in [0.15, 0.2) is 0 Å². The van der Waals surface area contributed by atoms with Gasteiger partial charge in [-0.05, 0) is 32.1 Å². The molecular formula is C17H38NO3S+. The second-order valence-corrected chi connectivity index (χ2v) is 9.03. The van der Waals surface area contributed by atoms with Crippen molar-refractivity contribution in [1.82, 2.24) is 0 Å². The van der Waals surface area contributed by atoms with Crippen LogP contribution >= 0.6 is 0 Å². The largest absolute Gasteiger partial charge is 0.328 e. The number of nitrogens with zero attached hydrogens (tertiary/aromatic N) is 1. The number of quaternary nitrogens is 1. The summed E-state index contributed by atoms with van der Waals surface area (Å²) in [5, 5.41) is 0. The Bertz CT molecular complexity index is 355. The van der Waals surface area contributed by atoms with Gasteiger partial charge in [-0.3, -0.25) is 4.55 Å². The standard InChI is InChI=1S/C9H20N.C8H18O3S/c1-10(2,3)9-7-5-4-6-8-9;1-2-3-4-5-6-7-8-12(9,10)11/h9H,4-8H2,1-3H3;2-8H2,1H3,(H,9,10,11)/q+1;. The van der Waals surface area contributed by atoms with Gasteiger partial charge in [-0.2, -0.15) is 8.42 Å². The molecule has 1 fully saturated rings. The molecule has 0 atom stereocenters. The molecule has 0 aromatic rings. The van der Waals surface area contributed by atoms with E-state index in [4.69, 9.17) is 4.55 Å². The number of unbranched alkanes of at least 4 members (excludes halogenated alkanes) is 5. The summed E-state index contributed by atoms with van der Waals surface area (Å²) in [7, 11) is 3.23. The zero-order valence-corrected chi connectivity index (χ0v) is 16.0. The molecule has 0 saturated heterocycles. The van der Waals surface area contributed by atoms with E-state index in [1.165, 1.54) is 55.8 Å². The van der Waals surface area contributed by atoms with Gasteiger partial charge in [0.2, 0.25) is 0 Å². The molecule has 1 aliphatic rings. The van der Waals surface area contributed by atoms with E-state index in [1.807, 2.05) is 0 Å². The molecule has 0 spiro atoms. The Kier molecular flexibility index (Phi) is 11.3. The monoisotopic (exact) mass is 336 g/mol. The van der Waals surface area contributed by atoms with Crippen molar-refractivity contribution in [3.63, 3.8) is 0 Å². The van der Waals surface area contributed by atoms with Crippen LogP contribution in [0.2, 0.25) is 0 Å². The van der Waals surface area contributed by atoms with Gasteiger partial charge in [0.25, 0.3) is 10.1 Å². The minimum absolute atomic E-state index is 0.0842. The Morgan fingerprint density at radius 2 is 1.41 bits per heavy atom. The highest BCUT2D eigenvalue weighted by molar-refractivity contribution is 7.85. The highest BCUT2D eigenvalue weighted by atomic mass is 32.2. The van der Waals surface area contributed by atoms with E-state index in [0.29, 0.717) is 6.42 Å². The van der Waals surface area contributed by atoms with Crippen LogP contribution in [0.25, 0.3) is 0 Å². The van der Waals surface area contributed by atoms with Crippen LogP contribution in [0.1, 0.15) is 77.6 Å². The average Bonchev–Trinajstić information content (AvgIpc) is 2.42. The summed E-state index contributed by atoms with van der Waals surface area (Å²) in [4.78, 5) is 0. The maximum Gasteiger partial charge on any atom is 0.264 e. The van der Waals surface area contributed by atoms with E-state index < -0.39 is 10.1 Å². The molecule has 0 unspecified atom stereocenters. The molecule has 0 aromatic heterocycles. The molecule has 1 aliphatic carbocycles. The smallest absolute Gasteiger partial charge is 0.264 e. The molecule has 22 heavy (non-hydrogen) atoms. The molecule has 0 aromatic carbocycles. The second-order valence-electron chi connectivity index (χ2n) is 7.46. The van der Waals surface area contributed by atoms with Crippen molar-refractivity contribution in [1.29, 1.82) is 0 Å². The lowest BCUT2D eigenvalue weighted by atomic mass is 9.94. The Morgan fingerprint density at radius 3 is 1.82 bits per heavy atom. The average molecular weight is 337 g/mol. The van der Waals surface area contributed by atoms with Crippen molar-refractivity contribution in [2.24, 2.45) is 0 Å². The van der Waals surface area contributed by atoms with E-state index in [0.717, 1.165) is 18.9 Å². The number of rotatable bonds is 8. The zero-order valence-electron chi connectivity index (χ0n) is 15.2. The van der Waals surface area contributed by atoms with Crippen LogP contribution in [-0.4, -0.2) is 50.4 Å². The summed E-state index contributed by atoms with van der Waals surface area (Å²) < 4.78 is 30.1. The van der Waals surface area contributed by atoms with Crippen molar-refractivity contribution in [2.45, 2.75) is 83.6 Å². The first-order chi connectivity index (χ1) is 10.2. The van der Waals surface area contributed by atoms with E-state index in [-0.39, 0.29) is 5.75 Å². The lowest BCUT2D eigenvalue weighted by Crippen LogP contribution is -2.45. The maximum atomic E-state index is 10.3. The molecule has 0 amide bonds. The van der Waals surface area contributed by atoms with E-state index in [2.05, 4.69) is 28.1 Å². The number of hydrogen-bond donors (Lipinski definition) is 1. The molecule has 134 valence electrons. The lowest BCUT2D eigenvalue weighted by Gasteiger charge is -2.36. The molecule has 1 N–H and O–H groups in total. The molecular weight excluding hydrogens is 298 g/mol. The van der Waals surface area contributed by atoms with Gasteiger partial charge >= 0.3 is 0 Å². The van der Waals surface area contributed by atoms with Crippen molar-refractivity contribution < 1.29 is 17.5 Å². The molecule has 1 rings (SSSR count). The predicted molar refractivity (Wildman–Crippen MR) is 94.7 cm³/mol. The van der Waals surface area contributed by atoms with Gasteiger partial charge in [0.1, 0.15) is 0 Å². The lowest BCUT2D eigenvalue weighted by molar-refractivity contribution is -0.897. The van der Waals surface area contributed by atoms with Gasteiger partial charge in [-0.1, -0.05) is 45.4 Å². The first-order valence-electron chi connectivity index (χ1n) is 8.93. The van der Waals surface area contributed by atoms with Crippen LogP contribution in [0, 0.1) is 0 Å². The summed E-state index contributed by atoms with van der Waals surface area (Å²) in [5.74, 6) is -0.0842. The molecule has 0 aliphatic heterocycles. The summed E-state index contributed by atoms with van der Waals surface area (Å²) in [5.41, 5.74) is 0. The molecule has 0 radical (unpaired) electrons. The van der Waals surface area contributed by atoms with Gasteiger partial charge in [0, 0.05) is 0 Å². The van der Waals surface area contributed by atoms with Crippen molar-refractivity contribution in [2.75, 3.05) is 26.9 Å². The van der Waals surface area contributed by atoms with Gasteiger partial charge in [-0.15, -0.1) is 0 Å². The Balaban J connectivity index is 0.000000406. The van der Waals surface area contributed by atoms with E-state index >= 15 is 0 Å². The minimum Gasteiger partial charge on any atom is -0.328 e. The Labute approximate surface area is 138 Å². The third-order valence-electron chi connectivity index (χ3n) is 4.43. The molecule has 0 bridgehead atoms. The first kappa shape index (κ1) is 21.9. The fraction of sp³-hybridized carbons (Fsp3) is 1.00. The normalized spacial score (nSPS) is 17.0. The number of hydrogen-bond acceptors (Lipinski definition) is 2. The molecule has 1 saturated carbocycles. The SMILES string of the molecule is CCCCCCCCS(=O)(=O)O.C[N+](C)(C)C1CCCCC1. The minimum atomic E-state index is -3.72. The van der Waals surface area contributed by atoms with Gasteiger partial charge in [-0.25, -0.2) is 0 Å². The Hall–Kier alpha value is -0.130. The predicted octanol–water partition coefficient (Wildman–Crippen LogP) is 4.26. The van der Waals surface area contributed by atoms with Gasteiger partial charge in [0.15, 0.2) is 0 Å². The summed E-state index contributed by atoms with van der Waals surface area (Å²) >= 11 is 0. The highest BCUT2D eigenvalue weighted by Gasteiger charge is 2.24.